The first-order chi connectivity index (χ1) is 14.1. The predicted molar refractivity (Wildman–Crippen MR) is 117 cm³/mol. The van der Waals surface area contributed by atoms with Crippen LogP contribution in [0, 0.1) is 0 Å². The molecule has 1 amide bonds. The monoisotopic (exact) mass is 428 g/mol. The summed E-state index contributed by atoms with van der Waals surface area (Å²) in [5, 5.41) is 12.8. The second-order valence-corrected chi connectivity index (χ2v) is 7.48. The van der Waals surface area contributed by atoms with Crippen molar-refractivity contribution in [3.05, 3.63) is 77.6 Å². The van der Waals surface area contributed by atoms with E-state index in [1.54, 1.807) is 25.3 Å². The zero-order valence-electron chi connectivity index (χ0n) is 16.0. The molecule has 0 atom stereocenters. The highest BCUT2D eigenvalue weighted by Gasteiger charge is 2.16. The maximum atomic E-state index is 12.5. The van der Waals surface area contributed by atoms with Crippen LogP contribution in [0.4, 0.5) is 5.69 Å². The molecule has 0 unspecified atom stereocenters. The van der Waals surface area contributed by atoms with Crippen LogP contribution in [-0.2, 0) is 23.5 Å². The van der Waals surface area contributed by atoms with Gasteiger partial charge in [0.25, 0.3) is 0 Å². The molecule has 1 aromatic heterocycles. The van der Waals surface area contributed by atoms with E-state index in [-0.39, 0.29) is 12.3 Å². The number of carbonyl (C=O) groups is 1. The molecule has 0 spiro atoms. The molecule has 150 valence electrons. The van der Waals surface area contributed by atoms with Crippen LogP contribution in [0.1, 0.15) is 11.4 Å². The summed E-state index contributed by atoms with van der Waals surface area (Å²) in [4.78, 5) is 12.5. The lowest BCUT2D eigenvalue weighted by Gasteiger charge is -2.09. The highest BCUT2D eigenvalue weighted by atomic mass is 35.5. The molecule has 0 aliphatic heterocycles. The quantitative estimate of drug-likeness (QED) is 0.398. The SMILES string of the molecule is C=CCn1c(CC(=O)Nc2cccc(OC)c2)nnc1SCc1ccccc1Cl. The van der Waals surface area contributed by atoms with E-state index in [2.05, 4.69) is 22.1 Å². The molecule has 6 nitrogen and oxygen atoms in total. The Morgan fingerprint density at radius 2 is 2.10 bits per heavy atom. The Hall–Kier alpha value is -2.77. The normalized spacial score (nSPS) is 10.6. The third kappa shape index (κ3) is 5.62. The van der Waals surface area contributed by atoms with E-state index in [1.165, 1.54) is 11.8 Å². The third-order valence-corrected chi connectivity index (χ3v) is 5.48. The predicted octanol–water partition coefficient (Wildman–Crippen LogP) is 4.60. The van der Waals surface area contributed by atoms with Crippen molar-refractivity contribution < 1.29 is 9.53 Å². The number of aromatic nitrogens is 3. The molecule has 1 N–H and O–H groups in total. The van der Waals surface area contributed by atoms with Gasteiger partial charge in [-0.25, -0.2) is 0 Å². The zero-order chi connectivity index (χ0) is 20.6. The van der Waals surface area contributed by atoms with E-state index in [4.69, 9.17) is 16.3 Å². The molecule has 3 rings (SSSR count). The van der Waals surface area contributed by atoms with Gasteiger partial charge in [0.15, 0.2) is 5.16 Å². The first kappa shape index (κ1) is 21.0. The lowest BCUT2D eigenvalue weighted by Crippen LogP contribution is -2.17. The number of anilines is 1. The van der Waals surface area contributed by atoms with Crippen LogP contribution in [0.3, 0.4) is 0 Å². The number of rotatable bonds is 9. The van der Waals surface area contributed by atoms with Gasteiger partial charge in [0, 0.05) is 29.1 Å². The van der Waals surface area contributed by atoms with E-state index in [0.29, 0.717) is 39.7 Å². The Labute approximate surface area is 178 Å². The van der Waals surface area contributed by atoms with Crippen LogP contribution < -0.4 is 10.1 Å². The molecular formula is C21H21ClN4O2S. The average molecular weight is 429 g/mol. The summed E-state index contributed by atoms with van der Waals surface area (Å²) in [6, 6.07) is 14.9. The Morgan fingerprint density at radius 1 is 1.28 bits per heavy atom. The smallest absolute Gasteiger partial charge is 0.232 e. The molecule has 0 aliphatic rings. The molecule has 29 heavy (non-hydrogen) atoms. The van der Waals surface area contributed by atoms with Crippen molar-refractivity contribution in [1.82, 2.24) is 14.8 Å². The summed E-state index contributed by atoms with van der Waals surface area (Å²) in [7, 11) is 1.58. The van der Waals surface area contributed by atoms with Crippen LogP contribution in [0.5, 0.6) is 5.75 Å². The van der Waals surface area contributed by atoms with E-state index >= 15 is 0 Å². The lowest BCUT2D eigenvalue weighted by molar-refractivity contribution is -0.115. The fourth-order valence-electron chi connectivity index (χ4n) is 2.68. The number of nitrogens with one attached hydrogen (secondary N) is 1. The number of halogens is 1. The number of carbonyl (C=O) groups excluding carboxylic acids is 1. The number of benzene rings is 2. The first-order valence-corrected chi connectivity index (χ1v) is 10.3. The fraction of sp³-hybridized carbons (Fsp3) is 0.190. The minimum absolute atomic E-state index is 0.102. The Morgan fingerprint density at radius 3 is 2.86 bits per heavy atom. The first-order valence-electron chi connectivity index (χ1n) is 8.93. The van der Waals surface area contributed by atoms with Gasteiger partial charge in [-0.3, -0.25) is 4.79 Å². The molecule has 0 saturated carbocycles. The molecule has 0 saturated heterocycles. The molecule has 0 bridgehead atoms. The van der Waals surface area contributed by atoms with E-state index in [9.17, 15) is 4.79 Å². The van der Waals surface area contributed by atoms with Gasteiger partial charge in [-0.15, -0.1) is 16.8 Å². The van der Waals surface area contributed by atoms with Crippen molar-refractivity contribution in [2.45, 2.75) is 23.9 Å². The Bertz CT molecular complexity index is 1010. The number of amides is 1. The van der Waals surface area contributed by atoms with Crippen molar-refractivity contribution in [3.8, 4) is 5.75 Å². The topological polar surface area (TPSA) is 69.0 Å². The van der Waals surface area contributed by atoms with Gasteiger partial charge in [0.05, 0.1) is 13.5 Å². The van der Waals surface area contributed by atoms with Gasteiger partial charge >= 0.3 is 0 Å². The summed E-state index contributed by atoms with van der Waals surface area (Å²) < 4.78 is 7.07. The van der Waals surface area contributed by atoms with E-state index in [1.807, 2.05) is 41.0 Å². The lowest BCUT2D eigenvalue weighted by atomic mass is 10.2. The van der Waals surface area contributed by atoms with Crippen LogP contribution >= 0.6 is 23.4 Å². The Kier molecular flexibility index (Phi) is 7.32. The molecule has 8 heteroatoms. The molecular weight excluding hydrogens is 408 g/mol. The number of ether oxygens (including phenoxy) is 1. The van der Waals surface area contributed by atoms with Gasteiger partial charge < -0.3 is 14.6 Å². The van der Waals surface area contributed by atoms with Crippen molar-refractivity contribution >= 4 is 35.0 Å². The van der Waals surface area contributed by atoms with Crippen LogP contribution in [0.25, 0.3) is 0 Å². The summed E-state index contributed by atoms with van der Waals surface area (Å²) in [5.74, 6) is 1.73. The van der Waals surface area contributed by atoms with Crippen molar-refractivity contribution in [3.63, 3.8) is 0 Å². The standard InChI is InChI=1S/C21H21ClN4O2S/c1-3-11-26-19(13-20(27)23-16-8-6-9-17(12-16)28-2)24-25-21(26)29-14-15-7-4-5-10-18(15)22/h3-10,12H,1,11,13-14H2,2H3,(H,23,27). The van der Waals surface area contributed by atoms with Crippen molar-refractivity contribution in [2.75, 3.05) is 12.4 Å². The van der Waals surface area contributed by atoms with E-state index in [0.717, 1.165) is 5.56 Å². The third-order valence-electron chi connectivity index (χ3n) is 4.09. The molecule has 0 fully saturated rings. The number of thioether (sulfide) groups is 1. The second-order valence-electron chi connectivity index (χ2n) is 6.14. The maximum Gasteiger partial charge on any atom is 0.232 e. The van der Waals surface area contributed by atoms with Gasteiger partial charge in [0.1, 0.15) is 11.6 Å². The second kappa shape index (κ2) is 10.1. The number of hydrogen-bond donors (Lipinski definition) is 1. The summed E-state index contributed by atoms with van der Waals surface area (Å²) in [6.07, 6.45) is 1.86. The average Bonchev–Trinajstić information content (AvgIpc) is 3.09. The van der Waals surface area contributed by atoms with Crippen molar-refractivity contribution in [2.24, 2.45) is 0 Å². The molecule has 1 heterocycles. The minimum Gasteiger partial charge on any atom is -0.497 e. The van der Waals surface area contributed by atoms with E-state index < -0.39 is 0 Å². The number of hydrogen-bond acceptors (Lipinski definition) is 5. The largest absolute Gasteiger partial charge is 0.497 e. The maximum absolute atomic E-state index is 12.5. The molecule has 0 aliphatic carbocycles. The molecule has 0 radical (unpaired) electrons. The molecule has 3 aromatic rings. The van der Waals surface area contributed by atoms with Crippen LogP contribution in [-0.4, -0.2) is 27.8 Å². The van der Waals surface area contributed by atoms with Crippen molar-refractivity contribution in [1.29, 1.82) is 0 Å². The minimum atomic E-state index is -0.182. The summed E-state index contributed by atoms with van der Waals surface area (Å²) in [6.45, 7) is 4.31. The Balaban J connectivity index is 1.69. The zero-order valence-corrected chi connectivity index (χ0v) is 17.5. The molecule has 2 aromatic carbocycles. The highest BCUT2D eigenvalue weighted by Crippen LogP contribution is 2.26. The van der Waals surface area contributed by atoms with Crippen LogP contribution in [0.15, 0.2) is 66.3 Å². The fourth-order valence-corrected chi connectivity index (χ4v) is 3.93. The number of nitrogens with zero attached hydrogens (tertiary/aromatic N) is 3. The highest BCUT2D eigenvalue weighted by molar-refractivity contribution is 7.98. The van der Waals surface area contributed by atoms with Gasteiger partial charge in [-0.05, 0) is 23.8 Å². The van der Waals surface area contributed by atoms with Crippen LogP contribution in [0.2, 0.25) is 5.02 Å². The summed E-state index contributed by atoms with van der Waals surface area (Å²) in [5.41, 5.74) is 1.68. The van der Waals surface area contributed by atoms with Gasteiger partial charge in [-0.1, -0.05) is 53.7 Å². The van der Waals surface area contributed by atoms with Gasteiger partial charge in [0.2, 0.25) is 5.91 Å². The summed E-state index contributed by atoms with van der Waals surface area (Å²) >= 11 is 7.75. The number of allylic oxidation sites excluding steroid dienone is 1. The number of methoxy groups -OCH3 is 1. The van der Waals surface area contributed by atoms with Gasteiger partial charge in [-0.2, -0.15) is 0 Å².